The lowest BCUT2D eigenvalue weighted by atomic mass is 9.84. The zero-order chi connectivity index (χ0) is 58.8. The fourth-order valence-electron chi connectivity index (χ4n) is 9.85. The number of nitrogen functional groups attached to an aromatic ring is 1. The van der Waals surface area contributed by atoms with Crippen LogP contribution >= 0.6 is 35.2 Å². The largest absolute Gasteiger partial charge is 0.481 e. The number of anilines is 1. The van der Waals surface area contributed by atoms with Crippen LogP contribution < -0.4 is 16.4 Å². The number of carbonyl (C=O) groups excluding carboxylic acids is 3. The first kappa shape index (κ1) is 70.8. The zero-order valence-electron chi connectivity index (χ0n) is 47.5. The van der Waals surface area contributed by atoms with E-state index in [1.54, 1.807) is 0 Å². The van der Waals surface area contributed by atoms with Crippen molar-refractivity contribution in [3.05, 3.63) is 12.7 Å². The molecular formula is C51H94N7O17P3S. The van der Waals surface area contributed by atoms with Gasteiger partial charge in [0.2, 0.25) is 11.8 Å². The summed E-state index contributed by atoms with van der Waals surface area (Å²) in [7, 11) is -16.4. The molecule has 1 fully saturated rings. The number of unbranched alkanes of at least 4 members (excludes halogenated alkanes) is 15. The summed E-state index contributed by atoms with van der Waals surface area (Å²) in [5, 5.41) is 26.9. The number of thioether (sulfide) groups is 1. The van der Waals surface area contributed by atoms with Gasteiger partial charge in [0.1, 0.15) is 36.3 Å². The molecule has 2 amide bonds. The van der Waals surface area contributed by atoms with Crippen LogP contribution in [0, 0.1) is 29.1 Å². The van der Waals surface area contributed by atoms with E-state index in [4.69, 9.17) is 19.5 Å². The van der Waals surface area contributed by atoms with Gasteiger partial charge in [-0.3, -0.25) is 32.5 Å². The van der Waals surface area contributed by atoms with E-state index in [0.29, 0.717) is 23.5 Å². The Morgan fingerprint density at radius 3 is 1.94 bits per heavy atom. The van der Waals surface area contributed by atoms with Crippen LogP contribution in [0.4, 0.5) is 5.82 Å². The monoisotopic (exact) mass is 1200 g/mol. The number of aliphatic hydroxyl groups excluding tert-OH is 2. The lowest BCUT2D eigenvalue weighted by Gasteiger charge is -2.30. The van der Waals surface area contributed by atoms with Gasteiger partial charge in [-0.25, -0.2) is 28.6 Å². The molecule has 2 unspecified atom stereocenters. The molecule has 1 aliphatic rings. The summed E-state index contributed by atoms with van der Waals surface area (Å²) < 4.78 is 62.8. The average molecular weight is 1200 g/mol. The van der Waals surface area contributed by atoms with Crippen molar-refractivity contribution in [2.75, 3.05) is 37.8 Å². The van der Waals surface area contributed by atoms with E-state index < -0.39 is 84.6 Å². The van der Waals surface area contributed by atoms with Crippen LogP contribution in [0.5, 0.6) is 0 Å². The van der Waals surface area contributed by atoms with Gasteiger partial charge in [0.05, 0.1) is 19.5 Å². The van der Waals surface area contributed by atoms with Gasteiger partial charge in [-0.05, 0) is 37.0 Å². The number of nitrogens with zero attached hydrogens (tertiary/aromatic N) is 4. The molecule has 10 N–H and O–H groups in total. The molecule has 2 aromatic heterocycles. The third-order valence-electron chi connectivity index (χ3n) is 14.1. The fraction of sp³-hybridized carbons (Fsp3) is 0.843. The molecule has 24 nitrogen and oxygen atoms in total. The summed E-state index contributed by atoms with van der Waals surface area (Å²) >= 11 is 1.17. The quantitative estimate of drug-likeness (QED) is 0.0221. The highest BCUT2D eigenvalue weighted by atomic mass is 32.2. The summed E-state index contributed by atoms with van der Waals surface area (Å²) in [6, 6.07) is 0. The van der Waals surface area contributed by atoms with Gasteiger partial charge in [0, 0.05) is 36.6 Å². The Labute approximate surface area is 471 Å². The molecule has 3 heterocycles. The SMILES string of the molecule is CCCCCCCCCCCCCCCCCC[C@@H](C)C[C@@H](C)C[C@@H](C)C[C@@H](C)C(=O)SCCNC(=O)CCNC(=O)[C@H](O)C(C)(C)COP(=O)(O)OP(=O)(O)OC[C@H]1O[C@@H](n2cnc3c(N)ncnc32)[C@H](O)[C@@H]1OP(=O)(O)O. The third-order valence-corrected chi connectivity index (χ3v) is 18.3. The highest BCUT2D eigenvalue weighted by Gasteiger charge is 2.50. The van der Waals surface area contributed by atoms with Crippen LogP contribution in [0.15, 0.2) is 12.7 Å². The first-order valence-electron chi connectivity index (χ1n) is 28.2. The number of ether oxygens (including phenoxy) is 1. The van der Waals surface area contributed by atoms with Crippen molar-refractivity contribution in [3.8, 4) is 0 Å². The van der Waals surface area contributed by atoms with Crippen LogP contribution in [0.1, 0.15) is 190 Å². The van der Waals surface area contributed by atoms with Crippen molar-refractivity contribution in [3.63, 3.8) is 0 Å². The lowest BCUT2D eigenvalue weighted by molar-refractivity contribution is -0.137. The highest BCUT2D eigenvalue weighted by Crippen LogP contribution is 2.61. The number of hydrogen-bond acceptors (Lipinski definition) is 18. The third kappa shape index (κ3) is 27.7. The minimum atomic E-state index is -5.59. The lowest BCUT2D eigenvalue weighted by Crippen LogP contribution is -2.46. The van der Waals surface area contributed by atoms with Gasteiger partial charge >= 0.3 is 23.5 Å². The number of imidazole rings is 1. The number of nitrogens with one attached hydrogen (secondary N) is 2. The second kappa shape index (κ2) is 35.6. The molecule has 3 rings (SSSR count). The Morgan fingerprint density at radius 2 is 1.34 bits per heavy atom. The van der Waals surface area contributed by atoms with Gasteiger partial charge < -0.3 is 50.9 Å². The molecule has 0 bridgehead atoms. The maximum Gasteiger partial charge on any atom is 0.481 e. The van der Waals surface area contributed by atoms with Crippen LogP contribution in [0.25, 0.3) is 11.2 Å². The van der Waals surface area contributed by atoms with Crippen LogP contribution in [-0.2, 0) is 50.7 Å². The summed E-state index contributed by atoms with van der Waals surface area (Å²) in [6.07, 6.45) is 19.5. The molecule has 79 heavy (non-hydrogen) atoms. The topological polar surface area (TPSA) is 364 Å². The second-order valence-electron chi connectivity index (χ2n) is 22.3. The first-order valence-corrected chi connectivity index (χ1v) is 33.7. The Kier molecular flexibility index (Phi) is 32.0. The summed E-state index contributed by atoms with van der Waals surface area (Å²) in [6.45, 7) is 11.7. The van der Waals surface area contributed by atoms with Crippen molar-refractivity contribution in [2.24, 2.45) is 29.1 Å². The Bertz CT molecular complexity index is 2280. The zero-order valence-corrected chi connectivity index (χ0v) is 51.0. The molecule has 28 heteroatoms. The van der Waals surface area contributed by atoms with E-state index in [9.17, 15) is 57.9 Å². The molecule has 2 aromatic rings. The van der Waals surface area contributed by atoms with Crippen molar-refractivity contribution in [2.45, 2.75) is 214 Å². The molecule has 1 saturated heterocycles. The van der Waals surface area contributed by atoms with E-state index in [1.165, 1.54) is 141 Å². The summed E-state index contributed by atoms with van der Waals surface area (Å²) in [4.78, 5) is 89.6. The number of carbonyl (C=O) groups is 3. The van der Waals surface area contributed by atoms with E-state index in [1.807, 2.05) is 6.92 Å². The number of rotatable bonds is 43. The standard InChI is InChI=1S/C51H94N7O17P3S/c1-8-9-10-11-12-13-14-15-16-17-18-19-20-21-22-23-24-36(2)29-37(3)30-38(4)31-39(5)50(63)79-28-27-53-41(59)25-26-54-48(62)45(61)51(6,7)33-72-78(69,70)75-77(67,68)71-32-40-44(74-76(64,65)66)43(60)49(73-40)58-35-57-42-46(52)55-34-56-47(42)58/h34-40,43-45,49,60-61H,8-33H2,1-7H3,(H,53,59)(H,54,62)(H,67,68)(H,69,70)(H2,52,55,56)(H2,64,65,66)/t36-,37-,38-,39-,40-,43-,44-,45+,49-/m1/s1. The van der Waals surface area contributed by atoms with Gasteiger partial charge in [0.25, 0.3) is 0 Å². The molecule has 0 aliphatic carbocycles. The molecule has 0 spiro atoms. The van der Waals surface area contributed by atoms with Crippen LogP contribution in [0.2, 0.25) is 0 Å². The Balaban J connectivity index is 1.26. The number of nitrogens with two attached hydrogens (primary N) is 1. The fourth-order valence-corrected chi connectivity index (χ4v) is 13.5. The number of amides is 2. The van der Waals surface area contributed by atoms with Crippen molar-refractivity contribution < 1.29 is 80.5 Å². The van der Waals surface area contributed by atoms with Crippen molar-refractivity contribution >= 4 is 69.1 Å². The molecule has 0 radical (unpaired) electrons. The average Bonchev–Trinajstić information content (AvgIpc) is 3.94. The van der Waals surface area contributed by atoms with E-state index in [2.05, 4.69) is 62.1 Å². The Hall–Kier alpha value is -2.44. The number of hydrogen-bond donors (Lipinski definition) is 9. The number of aliphatic hydroxyl groups is 2. The van der Waals surface area contributed by atoms with E-state index in [0.717, 1.165) is 30.1 Å². The van der Waals surface area contributed by atoms with E-state index >= 15 is 0 Å². The van der Waals surface area contributed by atoms with Gasteiger partial charge in [-0.1, -0.05) is 169 Å². The molecule has 456 valence electrons. The van der Waals surface area contributed by atoms with Gasteiger partial charge in [-0.2, -0.15) is 4.31 Å². The number of phosphoric ester groups is 3. The molecular weight excluding hydrogens is 1110 g/mol. The second-order valence-corrected chi connectivity index (χ2v) is 27.6. The minimum Gasteiger partial charge on any atom is -0.386 e. The van der Waals surface area contributed by atoms with Crippen LogP contribution in [-0.4, -0.2) is 123 Å². The molecule has 1 aliphatic heterocycles. The Morgan fingerprint density at radius 1 is 0.785 bits per heavy atom. The molecule has 11 atom stereocenters. The van der Waals surface area contributed by atoms with Crippen LogP contribution in [0.3, 0.4) is 0 Å². The summed E-state index contributed by atoms with van der Waals surface area (Å²) in [5.74, 6) is 0.527. The smallest absolute Gasteiger partial charge is 0.386 e. The van der Waals surface area contributed by atoms with Crippen molar-refractivity contribution in [1.82, 2.24) is 30.2 Å². The van der Waals surface area contributed by atoms with Crippen molar-refractivity contribution in [1.29, 1.82) is 0 Å². The minimum absolute atomic E-state index is 0.0340. The van der Waals surface area contributed by atoms with Gasteiger partial charge in [-0.15, -0.1) is 0 Å². The van der Waals surface area contributed by atoms with Gasteiger partial charge in [0.15, 0.2) is 22.8 Å². The number of phosphoric acid groups is 3. The number of aromatic nitrogens is 4. The number of fused-ring (bicyclic) bond motifs is 1. The normalized spacial score (nSPS) is 20.5. The van der Waals surface area contributed by atoms with E-state index in [-0.39, 0.29) is 47.5 Å². The predicted octanol–water partition coefficient (Wildman–Crippen LogP) is 9.03. The molecule has 0 saturated carbocycles. The maximum atomic E-state index is 12.9. The summed E-state index contributed by atoms with van der Waals surface area (Å²) in [5.41, 5.74) is 4.30. The molecule has 0 aromatic carbocycles. The highest BCUT2D eigenvalue weighted by molar-refractivity contribution is 8.13. The first-order chi connectivity index (χ1) is 37.1. The predicted molar refractivity (Wildman–Crippen MR) is 302 cm³/mol. The maximum absolute atomic E-state index is 12.9.